The second kappa shape index (κ2) is 10.4. The van der Waals surface area contributed by atoms with E-state index in [4.69, 9.17) is 30.5 Å². The van der Waals surface area contributed by atoms with Gasteiger partial charge in [0.15, 0.2) is 5.89 Å². The number of rotatable bonds is 5. The number of hydrogen-bond donors (Lipinski definition) is 0. The van der Waals surface area contributed by atoms with Crippen LogP contribution in [0.4, 0.5) is 5.69 Å². The number of anilines is 1. The highest BCUT2D eigenvalue weighted by Crippen LogP contribution is 2.40. The number of pyridine rings is 1. The number of benzene rings is 1. The summed E-state index contributed by atoms with van der Waals surface area (Å²) in [6, 6.07) is 5.83. The van der Waals surface area contributed by atoms with Crippen LogP contribution in [0, 0.1) is 17.2 Å². The van der Waals surface area contributed by atoms with Crippen molar-refractivity contribution in [3.63, 3.8) is 0 Å². The van der Waals surface area contributed by atoms with E-state index < -0.39 is 0 Å². The molecule has 0 saturated carbocycles. The van der Waals surface area contributed by atoms with Crippen LogP contribution >= 0.6 is 11.6 Å². The standard InChI is InChI=1S/C30H33ClN4O4/c1-17-10-18(2)28-24(11-17)33-29(39-28)20-4-7-35(8-5-20)27-21-12-23(31)26(38-16-19-6-9-37-15-19)13-25(21)34(3)30(36)22(27)14-32/h11-13,18-20H,4-10,15-16H2,1-3H3. The molecule has 6 rings (SSSR count). The van der Waals surface area contributed by atoms with Crippen LogP contribution in [0.3, 0.4) is 0 Å². The largest absolute Gasteiger partial charge is 0.492 e. The Labute approximate surface area is 232 Å². The van der Waals surface area contributed by atoms with E-state index in [-0.39, 0.29) is 17.0 Å². The van der Waals surface area contributed by atoms with Gasteiger partial charge in [-0.2, -0.15) is 5.26 Å². The average molecular weight is 549 g/mol. The minimum atomic E-state index is -0.323. The number of halogens is 1. The van der Waals surface area contributed by atoms with Gasteiger partial charge in [-0.1, -0.05) is 24.1 Å². The lowest BCUT2D eigenvalue weighted by Crippen LogP contribution is -2.36. The van der Waals surface area contributed by atoms with Crippen molar-refractivity contribution in [2.75, 3.05) is 37.8 Å². The molecule has 2 fully saturated rings. The zero-order valence-electron chi connectivity index (χ0n) is 22.6. The lowest BCUT2D eigenvalue weighted by molar-refractivity contribution is 0.167. The summed E-state index contributed by atoms with van der Waals surface area (Å²) in [6.07, 6.45) is 5.72. The Bertz CT molecular complexity index is 1550. The molecule has 0 amide bonds. The molecule has 3 aromatic rings. The van der Waals surface area contributed by atoms with Crippen LogP contribution in [0.15, 0.2) is 26.9 Å². The third-order valence-corrected chi connectivity index (χ3v) is 8.64. The van der Waals surface area contributed by atoms with Crippen molar-refractivity contribution in [2.45, 2.75) is 51.4 Å². The Hall–Kier alpha value is -3.28. The summed E-state index contributed by atoms with van der Waals surface area (Å²) in [6.45, 7) is 7.61. The molecule has 2 saturated heterocycles. The monoisotopic (exact) mass is 548 g/mol. The third-order valence-electron chi connectivity index (χ3n) is 8.35. The van der Waals surface area contributed by atoms with Gasteiger partial charge in [0.1, 0.15) is 28.8 Å². The van der Waals surface area contributed by atoms with Crippen molar-refractivity contribution >= 4 is 34.3 Å². The van der Waals surface area contributed by atoms with E-state index in [0.29, 0.717) is 60.1 Å². The summed E-state index contributed by atoms with van der Waals surface area (Å²) in [5.41, 5.74) is 3.43. The number of nitrogens with zero attached hydrogens (tertiary/aromatic N) is 4. The highest BCUT2D eigenvalue weighted by atomic mass is 35.5. The van der Waals surface area contributed by atoms with Gasteiger partial charge >= 0.3 is 0 Å². The molecule has 8 nitrogen and oxygen atoms in total. The maximum Gasteiger partial charge on any atom is 0.270 e. The van der Waals surface area contributed by atoms with Crippen LogP contribution in [0.2, 0.25) is 5.02 Å². The van der Waals surface area contributed by atoms with E-state index in [1.54, 1.807) is 7.05 Å². The zero-order chi connectivity index (χ0) is 27.3. The Balaban J connectivity index is 1.29. The molecule has 2 atom stereocenters. The van der Waals surface area contributed by atoms with E-state index in [9.17, 15) is 10.1 Å². The van der Waals surface area contributed by atoms with Gasteiger partial charge in [-0.05, 0) is 44.7 Å². The maximum atomic E-state index is 13.3. The first-order chi connectivity index (χ1) is 18.8. The molecule has 204 valence electrons. The van der Waals surface area contributed by atoms with E-state index in [0.717, 1.165) is 55.0 Å². The Morgan fingerprint density at radius 3 is 2.77 bits per heavy atom. The van der Waals surface area contributed by atoms with Crippen molar-refractivity contribution in [2.24, 2.45) is 13.0 Å². The number of aryl methyl sites for hydroxylation is 1. The predicted molar refractivity (Wildman–Crippen MR) is 151 cm³/mol. The summed E-state index contributed by atoms with van der Waals surface area (Å²) in [4.78, 5) is 20.3. The first kappa shape index (κ1) is 26.0. The fraction of sp³-hybridized carbons (Fsp3) is 0.500. The first-order valence-corrected chi connectivity index (χ1v) is 14.1. The number of nitriles is 1. The number of allylic oxidation sites excluding steroid dienone is 1. The molecule has 1 aromatic carbocycles. The molecule has 2 aromatic heterocycles. The van der Waals surface area contributed by atoms with Gasteiger partial charge in [0.05, 0.1) is 29.4 Å². The summed E-state index contributed by atoms with van der Waals surface area (Å²) >= 11 is 6.69. The topological polar surface area (TPSA) is 93.5 Å². The Morgan fingerprint density at radius 2 is 2.05 bits per heavy atom. The van der Waals surface area contributed by atoms with Gasteiger partial charge in [0.25, 0.3) is 5.56 Å². The molecule has 2 unspecified atom stereocenters. The fourth-order valence-electron chi connectivity index (χ4n) is 6.20. The van der Waals surface area contributed by atoms with Crippen LogP contribution in [-0.4, -0.2) is 42.5 Å². The maximum absolute atomic E-state index is 13.3. The molecule has 4 heterocycles. The summed E-state index contributed by atoms with van der Waals surface area (Å²) in [7, 11) is 1.69. The van der Waals surface area contributed by atoms with Gasteiger partial charge in [0.2, 0.25) is 0 Å². The van der Waals surface area contributed by atoms with E-state index >= 15 is 0 Å². The highest BCUT2D eigenvalue weighted by molar-refractivity contribution is 6.33. The number of oxazole rings is 1. The minimum absolute atomic E-state index is 0.136. The third kappa shape index (κ3) is 4.72. The SMILES string of the molecule is CC1=Cc2nc(C3CCN(c4c(C#N)c(=O)n(C)c5cc(OCC6CCOC6)c(Cl)cc45)CC3)oc2C(C)C1. The molecule has 1 aliphatic carbocycles. The quantitative estimate of drug-likeness (QED) is 0.400. The Morgan fingerprint density at radius 1 is 1.26 bits per heavy atom. The number of hydrogen-bond acceptors (Lipinski definition) is 7. The average Bonchev–Trinajstić information content (AvgIpc) is 3.60. The van der Waals surface area contributed by atoms with Gasteiger partial charge in [-0.25, -0.2) is 4.98 Å². The fourth-order valence-corrected chi connectivity index (χ4v) is 6.41. The lowest BCUT2D eigenvalue weighted by Gasteiger charge is -2.34. The minimum Gasteiger partial charge on any atom is -0.492 e. The van der Waals surface area contributed by atoms with Crippen molar-refractivity contribution in [3.8, 4) is 11.8 Å². The number of fused-ring (bicyclic) bond motifs is 2. The summed E-state index contributed by atoms with van der Waals surface area (Å²) in [5.74, 6) is 3.17. The molecule has 0 N–H and O–H groups in total. The van der Waals surface area contributed by atoms with Crippen molar-refractivity contribution in [3.05, 3.63) is 56.0 Å². The van der Waals surface area contributed by atoms with Gasteiger partial charge < -0.3 is 23.4 Å². The van der Waals surface area contributed by atoms with Crippen molar-refractivity contribution < 1.29 is 13.9 Å². The highest BCUT2D eigenvalue weighted by Gasteiger charge is 2.31. The zero-order valence-corrected chi connectivity index (χ0v) is 23.4. The summed E-state index contributed by atoms with van der Waals surface area (Å²) in [5, 5.41) is 11.3. The second-order valence-electron chi connectivity index (χ2n) is 11.2. The summed E-state index contributed by atoms with van der Waals surface area (Å²) < 4.78 is 19.3. The van der Waals surface area contributed by atoms with Gasteiger partial charge in [0, 0.05) is 56.0 Å². The van der Waals surface area contributed by atoms with Gasteiger partial charge in [-0.3, -0.25) is 4.79 Å². The molecule has 0 bridgehead atoms. The Kier molecular flexibility index (Phi) is 6.90. The van der Waals surface area contributed by atoms with Crippen LogP contribution in [-0.2, 0) is 11.8 Å². The van der Waals surface area contributed by atoms with Gasteiger partial charge in [-0.15, -0.1) is 0 Å². The predicted octanol–water partition coefficient (Wildman–Crippen LogP) is 5.76. The number of ether oxygens (including phenoxy) is 2. The number of aromatic nitrogens is 2. The van der Waals surface area contributed by atoms with E-state index in [1.807, 2.05) is 12.1 Å². The van der Waals surface area contributed by atoms with Crippen molar-refractivity contribution in [1.82, 2.24) is 9.55 Å². The molecular formula is C30H33ClN4O4. The molecule has 0 radical (unpaired) electrons. The smallest absolute Gasteiger partial charge is 0.270 e. The lowest BCUT2D eigenvalue weighted by atomic mass is 9.93. The molecular weight excluding hydrogens is 516 g/mol. The number of piperidine rings is 1. The second-order valence-corrected chi connectivity index (χ2v) is 11.6. The van der Waals surface area contributed by atoms with E-state index in [1.165, 1.54) is 10.1 Å². The van der Waals surface area contributed by atoms with Crippen molar-refractivity contribution in [1.29, 1.82) is 5.26 Å². The first-order valence-electron chi connectivity index (χ1n) is 13.7. The van der Waals surface area contributed by atoms with Crippen LogP contribution in [0.25, 0.3) is 17.0 Å². The normalized spacial score (nSPS) is 21.6. The molecule has 2 aliphatic heterocycles. The molecule has 39 heavy (non-hydrogen) atoms. The molecule has 0 spiro atoms. The van der Waals surface area contributed by atoms with Crippen LogP contribution in [0.1, 0.15) is 74.3 Å². The van der Waals surface area contributed by atoms with Crippen LogP contribution < -0.4 is 15.2 Å². The molecule has 9 heteroatoms. The molecule has 3 aliphatic rings. The van der Waals surface area contributed by atoms with Crippen LogP contribution in [0.5, 0.6) is 5.75 Å². The van der Waals surface area contributed by atoms with E-state index in [2.05, 4.69) is 30.9 Å².